The highest BCUT2D eigenvalue weighted by Gasteiger charge is 2.31. The summed E-state index contributed by atoms with van der Waals surface area (Å²) in [6.07, 6.45) is 1.94. The lowest BCUT2D eigenvalue weighted by molar-refractivity contribution is 0.0651. The Bertz CT molecular complexity index is 388. The highest BCUT2D eigenvalue weighted by molar-refractivity contribution is 7.99. The van der Waals surface area contributed by atoms with Gasteiger partial charge < -0.3 is 10.4 Å². The van der Waals surface area contributed by atoms with E-state index in [-0.39, 0.29) is 0 Å². The summed E-state index contributed by atoms with van der Waals surface area (Å²) < 4.78 is 0. The molecule has 1 aromatic carbocycles. The molecule has 1 aliphatic rings. The first kappa shape index (κ1) is 13.9. The largest absolute Gasteiger partial charge is 0.388 e. The lowest BCUT2D eigenvalue weighted by atomic mass is 10.00. The van der Waals surface area contributed by atoms with Crippen molar-refractivity contribution in [2.24, 2.45) is 0 Å². The van der Waals surface area contributed by atoms with Crippen LogP contribution in [0.5, 0.6) is 0 Å². The number of thioether (sulfide) groups is 1. The fourth-order valence-corrected chi connectivity index (χ4v) is 3.64. The Balaban J connectivity index is 1.82. The van der Waals surface area contributed by atoms with Gasteiger partial charge in [0.2, 0.25) is 0 Å². The van der Waals surface area contributed by atoms with Crippen LogP contribution in [0.2, 0.25) is 0 Å². The Morgan fingerprint density at radius 2 is 2.22 bits per heavy atom. The fraction of sp³-hybridized carbons (Fsp3) is 0.600. The first-order valence-corrected chi connectivity index (χ1v) is 7.83. The van der Waals surface area contributed by atoms with Crippen molar-refractivity contribution in [2.75, 3.05) is 18.1 Å². The number of hydrogen-bond donors (Lipinski definition) is 2. The van der Waals surface area contributed by atoms with Crippen LogP contribution < -0.4 is 5.32 Å². The highest BCUT2D eigenvalue weighted by atomic mass is 32.2. The van der Waals surface area contributed by atoms with Crippen LogP contribution in [-0.2, 0) is 6.42 Å². The number of hydrogen-bond acceptors (Lipinski definition) is 3. The summed E-state index contributed by atoms with van der Waals surface area (Å²) in [4.78, 5) is 0. The summed E-state index contributed by atoms with van der Waals surface area (Å²) in [5.41, 5.74) is 2.26. The highest BCUT2D eigenvalue weighted by Crippen LogP contribution is 2.27. The quantitative estimate of drug-likeness (QED) is 0.857. The molecule has 100 valence electrons. The van der Waals surface area contributed by atoms with E-state index in [1.807, 2.05) is 11.8 Å². The summed E-state index contributed by atoms with van der Waals surface area (Å²) in [5.74, 6) is 1.96. The molecule has 18 heavy (non-hydrogen) atoms. The fourth-order valence-electron chi connectivity index (χ4n) is 2.34. The van der Waals surface area contributed by atoms with Gasteiger partial charge in [-0.1, -0.05) is 24.3 Å². The normalized spacial score (nSPS) is 25.3. The van der Waals surface area contributed by atoms with Crippen LogP contribution in [0.1, 0.15) is 24.5 Å². The molecule has 0 aromatic heterocycles. The minimum atomic E-state index is -0.481. The van der Waals surface area contributed by atoms with Gasteiger partial charge in [0, 0.05) is 18.3 Å². The second kappa shape index (κ2) is 6.09. The molecule has 2 nitrogen and oxygen atoms in total. The van der Waals surface area contributed by atoms with E-state index < -0.39 is 5.60 Å². The average Bonchev–Trinajstić information content (AvgIpc) is 2.77. The monoisotopic (exact) mass is 265 g/mol. The van der Waals surface area contributed by atoms with Crippen molar-refractivity contribution in [3.05, 3.63) is 35.4 Å². The van der Waals surface area contributed by atoms with Gasteiger partial charge >= 0.3 is 0 Å². The number of benzene rings is 1. The molecule has 0 aliphatic carbocycles. The van der Waals surface area contributed by atoms with Crippen molar-refractivity contribution in [1.82, 2.24) is 5.32 Å². The molecular weight excluding hydrogens is 242 g/mol. The Hall–Kier alpha value is -0.510. The van der Waals surface area contributed by atoms with E-state index in [1.165, 1.54) is 11.1 Å². The summed E-state index contributed by atoms with van der Waals surface area (Å²) in [7, 11) is 0. The predicted molar refractivity (Wildman–Crippen MR) is 79.2 cm³/mol. The predicted octanol–water partition coefficient (Wildman–Crippen LogP) is 2.38. The molecule has 1 aliphatic heterocycles. The van der Waals surface area contributed by atoms with Crippen molar-refractivity contribution in [1.29, 1.82) is 0 Å². The molecular formula is C15H23NOS. The molecule has 2 unspecified atom stereocenters. The van der Waals surface area contributed by atoms with E-state index in [0.717, 1.165) is 24.3 Å². The van der Waals surface area contributed by atoms with E-state index in [2.05, 4.69) is 43.4 Å². The molecule has 1 fully saturated rings. The van der Waals surface area contributed by atoms with Crippen LogP contribution in [0.4, 0.5) is 0 Å². The minimum Gasteiger partial charge on any atom is -0.388 e. The number of aliphatic hydroxyl groups is 1. The Labute approximate surface area is 114 Å². The minimum absolute atomic E-state index is 0.403. The standard InChI is InChI=1S/C15H23NOS/c1-12-5-3-4-6-14(12)9-13(2)16-10-15(17)7-8-18-11-15/h3-6,13,16-17H,7-11H2,1-2H3. The van der Waals surface area contributed by atoms with Crippen molar-refractivity contribution in [3.8, 4) is 0 Å². The van der Waals surface area contributed by atoms with Gasteiger partial charge in [0.05, 0.1) is 5.60 Å². The summed E-state index contributed by atoms with van der Waals surface area (Å²) in [6, 6.07) is 8.92. The third kappa shape index (κ3) is 3.74. The average molecular weight is 265 g/mol. The van der Waals surface area contributed by atoms with Gasteiger partial charge in [-0.3, -0.25) is 0 Å². The van der Waals surface area contributed by atoms with Gasteiger partial charge in [-0.25, -0.2) is 0 Å². The molecule has 0 bridgehead atoms. The lowest BCUT2D eigenvalue weighted by Crippen LogP contribution is -2.44. The van der Waals surface area contributed by atoms with Gasteiger partial charge in [0.15, 0.2) is 0 Å². The van der Waals surface area contributed by atoms with Crippen LogP contribution in [0, 0.1) is 6.92 Å². The van der Waals surface area contributed by atoms with Crippen LogP contribution in [-0.4, -0.2) is 34.8 Å². The van der Waals surface area contributed by atoms with Gasteiger partial charge in [-0.05, 0) is 43.6 Å². The van der Waals surface area contributed by atoms with E-state index in [4.69, 9.17) is 0 Å². The summed E-state index contributed by atoms with van der Waals surface area (Å²) in [5, 5.41) is 13.8. The molecule has 2 N–H and O–H groups in total. The number of aryl methyl sites for hydroxylation is 1. The van der Waals surface area contributed by atoms with Crippen molar-refractivity contribution >= 4 is 11.8 Å². The Morgan fingerprint density at radius 3 is 2.89 bits per heavy atom. The van der Waals surface area contributed by atoms with E-state index in [0.29, 0.717) is 12.6 Å². The van der Waals surface area contributed by atoms with Gasteiger partial charge in [0.1, 0.15) is 0 Å². The number of rotatable bonds is 5. The summed E-state index contributed by atoms with van der Waals surface area (Å²) in [6.45, 7) is 5.06. The van der Waals surface area contributed by atoms with Crippen molar-refractivity contribution in [3.63, 3.8) is 0 Å². The van der Waals surface area contributed by atoms with Crippen molar-refractivity contribution in [2.45, 2.75) is 38.3 Å². The second-order valence-electron chi connectivity index (χ2n) is 5.44. The third-order valence-corrected chi connectivity index (χ3v) is 4.88. The van der Waals surface area contributed by atoms with Crippen LogP contribution in [0.25, 0.3) is 0 Å². The van der Waals surface area contributed by atoms with E-state index >= 15 is 0 Å². The molecule has 0 saturated carbocycles. The smallest absolute Gasteiger partial charge is 0.0869 e. The van der Waals surface area contributed by atoms with Crippen molar-refractivity contribution < 1.29 is 5.11 Å². The lowest BCUT2D eigenvalue weighted by Gasteiger charge is -2.24. The second-order valence-corrected chi connectivity index (χ2v) is 6.54. The maximum absolute atomic E-state index is 10.3. The van der Waals surface area contributed by atoms with Crippen LogP contribution in [0.3, 0.4) is 0 Å². The zero-order valence-electron chi connectivity index (χ0n) is 11.3. The first-order valence-electron chi connectivity index (χ1n) is 6.67. The third-order valence-electron chi connectivity index (χ3n) is 3.65. The zero-order valence-corrected chi connectivity index (χ0v) is 12.1. The Morgan fingerprint density at radius 1 is 1.44 bits per heavy atom. The van der Waals surface area contributed by atoms with Gasteiger partial charge in [-0.15, -0.1) is 0 Å². The molecule has 1 saturated heterocycles. The molecule has 2 rings (SSSR count). The first-order chi connectivity index (χ1) is 8.59. The topological polar surface area (TPSA) is 32.3 Å². The maximum atomic E-state index is 10.3. The van der Waals surface area contributed by atoms with Crippen LogP contribution >= 0.6 is 11.8 Å². The van der Waals surface area contributed by atoms with E-state index in [1.54, 1.807) is 0 Å². The zero-order chi connectivity index (χ0) is 13.0. The summed E-state index contributed by atoms with van der Waals surface area (Å²) >= 11 is 1.85. The maximum Gasteiger partial charge on any atom is 0.0869 e. The van der Waals surface area contributed by atoms with Gasteiger partial charge in [0.25, 0.3) is 0 Å². The van der Waals surface area contributed by atoms with Crippen LogP contribution in [0.15, 0.2) is 24.3 Å². The molecule has 3 heteroatoms. The number of nitrogens with one attached hydrogen (secondary N) is 1. The molecule has 0 radical (unpaired) electrons. The molecule has 0 amide bonds. The van der Waals surface area contributed by atoms with Gasteiger partial charge in [-0.2, -0.15) is 11.8 Å². The molecule has 1 aromatic rings. The SMILES string of the molecule is Cc1ccccc1CC(C)NCC1(O)CCSC1. The molecule has 2 atom stereocenters. The van der Waals surface area contributed by atoms with E-state index in [9.17, 15) is 5.11 Å². The molecule has 1 heterocycles. The Kier molecular flexibility index (Phi) is 4.71. The molecule has 0 spiro atoms.